The maximum Gasteiger partial charge on any atom is 0.416 e. The van der Waals surface area contributed by atoms with Crippen molar-refractivity contribution in [1.82, 2.24) is 0 Å². The Kier molecular flexibility index (Phi) is 3.79. The Morgan fingerprint density at radius 2 is 1.59 bits per heavy atom. The van der Waals surface area contributed by atoms with Gasteiger partial charge in [0, 0.05) is 11.8 Å². The Labute approximate surface area is 126 Å². The molecule has 0 radical (unpaired) electrons. The molecule has 1 atom stereocenters. The summed E-state index contributed by atoms with van der Waals surface area (Å²) >= 11 is 0. The number of benzene rings is 2. The molecule has 2 aromatic rings. The number of amidine groups is 1. The van der Waals surface area contributed by atoms with E-state index in [2.05, 4.69) is 9.98 Å². The van der Waals surface area contributed by atoms with Crippen LogP contribution in [0.3, 0.4) is 0 Å². The molecule has 0 N–H and O–H groups in total. The number of rotatable bonds is 3. The lowest BCUT2D eigenvalue weighted by atomic mass is 10.1. The molecule has 3 rings (SSSR count). The van der Waals surface area contributed by atoms with Crippen LogP contribution < -0.4 is 0 Å². The summed E-state index contributed by atoms with van der Waals surface area (Å²) in [5.74, 6) is 0.664. The smallest absolute Gasteiger partial charge is 0.257 e. The second-order valence-electron chi connectivity index (χ2n) is 5.06. The van der Waals surface area contributed by atoms with Crippen molar-refractivity contribution in [2.45, 2.75) is 18.6 Å². The molecule has 0 saturated carbocycles. The fraction of sp³-hybridized carbons (Fsp3) is 0.176. The van der Waals surface area contributed by atoms with Gasteiger partial charge in [0.2, 0.25) is 0 Å². The summed E-state index contributed by atoms with van der Waals surface area (Å²) in [5, 5.41) is 0. The molecule has 0 amide bonds. The van der Waals surface area contributed by atoms with Gasteiger partial charge in [-0.1, -0.05) is 42.5 Å². The molecule has 0 aliphatic carbocycles. The zero-order valence-electron chi connectivity index (χ0n) is 11.6. The van der Waals surface area contributed by atoms with E-state index in [0.29, 0.717) is 12.3 Å². The van der Waals surface area contributed by atoms with Crippen molar-refractivity contribution < 1.29 is 13.2 Å². The summed E-state index contributed by atoms with van der Waals surface area (Å²) in [6, 6.07) is 14.7. The first kappa shape index (κ1) is 14.5. The average molecular weight is 302 g/mol. The summed E-state index contributed by atoms with van der Waals surface area (Å²) < 4.78 is 37.6. The van der Waals surface area contributed by atoms with Gasteiger partial charge in [0.25, 0.3) is 0 Å². The molecule has 1 unspecified atom stereocenters. The van der Waals surface area contributed by atoms with Crippen LogP contribution in [0.25, 0.3) is 0 Å². The van der Waals surface area contributed by atoms with E-state index >= 15 is 0 Å². The Bertz CT molecular complexity index is 701. The van der Waals surface area contributed by atoms with Gasteiger partial charge in [-0.05, 0) is 24.1 Å². The minimum absolute atomic E-state index is 0.132. The maximum absolute atomic E-state index is 12.5. The zero-order valence-corrected chi connectivity index (χ0v) is 11.6. The summed E-state index contributed by atoms with van der Waals surface area (Å²) in [6.45, 7) is 0. The number of nitrogens with zero attached hydrogens (tertiary/aromatic N) is 2. The number of halogens is 3. The lowest BCUT2D eigenvalue weighted by molar-refractivity contribution is -0.137. The highest BCUT2D eigenvalue weighted by Crippen LogP contribution is 2.29. The van der Waals surface area contributed by atoms with E-state index in [4.69, 9.17) is 0 Å². The molecule has 5 heteroatoms. The molecule has 1 heterocycles. The average Bonchev–Trinajstić information content (AvgIpc) is 2.96. The Morgan fingerprint density at radius 3 is 2.23 bits per heavy atom. The van der Waals surface area contributed by atoms with Crippen LogP contribution in [0.2, 0.25) is 0 Å². The van der Waals surface area contributed by atoms with Gasteiger partial charge in [-0.3, -0.25) is 4.99 Å². The SMILES string of the molecule is FC(F)(F)c1ccc(CC2C=NC(c3ccccc3)=N2)cc1. The van der Waals surface area contributed by atoms with Crippen LogP contribution in [0.15, 0.2) is 64.6 Å². The quantitative estimate of drug-likeness (QED) is 0.814. The van der Waals surface area contributed by atoms with Gasteiger partial charge in [0.15, 0.2) is 5.84 Å². The van der Waals surface area contributed by atoms with E-state index in [-0.39, 0.29) is 6.04 Å². The molecule has 1 aliphatic heterocycles. The van der Waals surface area contributed by atoms with E-state index in [9.17, 15) is 13.2 Å². The second-order valence-corrected chi connectivity index (χ2v) is 5.06. The Hall–Kier alpha value is -2.43. The van der Waals surface area contributed by atoms with Crippen molar-refractivity contribution in [3.63, 3.8) is 0 Å². The molecule has 22 heavy (non-hydrogen) atoms. The van der Waals surface area contributed by atoms with Gasteiger partial charge in [0.1, 0.15) is 0 Å². The molecule has 0 aromatic heterocycles. The Morgan fingerprint density at radius 1 is 0.909 bits per heavy atom. The highest BCUT2D eigenvalue weighted by atomic mass is 19.4. The van der Waals surface area contributed by atoms with Crippen molar-refractivity contribution in [1.29, 1.82) is 0 Å². The monoisotopic (exact) mass is 302 g/mol. The molecule has 0 bridgehead atoms. The van der Waals surface area contributed by atoms with E-state index < -0.39 is 11.7 Å². The molecular formula is C17H13F3N2. The van der Waals surface area contributed by atoms with Gasteiger partial charge in [-0.2, -0.15) is 13.2 Å². The van der Waals surface area contributed by atoms with Crippen molar-refractivity contribution in [3.05, 3.63) is 71.3 Å². The molecule has 1 aliphatic rings. The highest BCUT2D eigenvalue weighted by molar-refractivity contribution is 6.07. The summed E-state index contributed by atoms with van der Waals surface area (Å²) in [4.78, 5) is 8.78. The predicted molar refractivity (Wildman–Crippen MR) is 80.4 cm³/mol. The van der Waals surface area contributed by atoms with E-state index in [1.165, 1.54) is 12.1 Å². The van der Waals surface area contributed by atoms with Gasteiger partial charge in [-0.25, -0.2) is 4.99 Å². The first-order valence-electron chi connectivity index (χ1n) is 6.86. The lowest BCUT2D eigenvalue weighted by Gasteiger charge is -2.08. The fourth-order valence-corrected chi connectivity index (χ4v) is 2.29. The molecular weight excluding hydrogens is 289 g/mol. The van der Waals surface area contributed by atoms with Crippen molar-refractivity contribution >= 4 is 12.1 Å². The predicted octanol–water partition coefficient (Wildman–Crippen LogP) is 4.15. The molecule has 0 saturated heterocycles. The minimum atomic E-state index is -4.30. The van der Waals surface area contributed by atoms with Gasteiger partial charge < -0.3 is 0 Å². The standard InChI is InChI=1S/C17H13F3N2/c18-17(19,20)14-8-6-12(7-9-14)10-15-11-21-16(22-15)13-4-2-1-3-5-13/h1-9,11,15H,10H2. The maximum atomic E-state index is 12.5. The summed E-state index contributed by atoms with van der Waals surface area (Å²) in [5.41, 5.74) is 1.11. The van der Waals surface area contributed by atoms with Crippen LogP contribution in [-0.2, 0) is 12.6 Å². The van der Waals surface area contributed by atoms with Crippen LogP contribution >= 0.6 is 0 Å². The molecule has 2 nitrogen and oxygen atoms in total. The van der Waals surface area contributed by atoms with Crippen molar-refractivity contribution in [3.8, 4) is 0 Å². The van der Waals surface area contributed by atoms with E-state index in [1.54, 1.807) is 6.21 Å². The lowest BCUT2D eigenvalue weighted by Crippen LogP contribution is -2.09. The third-order valence-electron chi connectivity index (χ3n) is 3.42. The van der Waals surface area contributed by atoms with Crippen LogP contribution in [0.1, 0.15) is 16.7 Å². The van der Waals surface area contributed by atoms with Crippen LogP contribution in [0.5, 0.6) is 0 Å². The minimum Gasteiger partial charge on any atom is -0.257 e. The zero-order chi connectivity index (χ0) is 15.6. The molecule has 0 spiro atoms. The second kappa shape index (κ2) is 5.75. The van der Waals surface area contributed by atoms with E-state index in [0.717, 1.165) is 23.3 Å². The number of hydrogen-bond acceptors (Lipinski definition) is 2. The third-order valence-corrected chi connectivity index (χ3v) is 3.42. The first-order chi connectivity index (χ1) is 10.5. The van der Waals surface area contributed by atoms with Gasteiger partial charge in [-0.15, -0.1) is 0 Å². The van der Waals surface area contributed by atoms with Crippen LogP contribution in [0.4, 0.5) is 13.2 Å². The van der Waals surface area contributed by atoms with Crippen molar-refractivity contribution in [2.24, 2.45) is 9.98 Å². The van der Waals surface area contributed by atoms with Crippen LogP contribution in [0, 0.1) is 0 Å². The number of hydrogen-bond donors (Lipinski definition) is 0. The van der Waals surface area contributed by atoms with Crippen LogP contribution in [-0.4, -0.2) is 18.1 Å². The fourth-order valence-electron chi connectivity index (χ4n) is 2.29. The number of alkyl halides is 3. The molecule has 112 valence electrons. The normalized spacial score (nSPS) is 17.6. The van der Waals surface area contributed by atoms with Crippen molar-refractivity contribution in [2.75, 3.05) is 0 Å². The summed E-state index contributed by atoms with van der Waals surface area (Å²) in [6.07, 6.45) is -2.02. The summed E-state index contributed by atoms with van der Waals surface area (Å²) in [7, 11) is 0. The van der Waals surface area contributed by atoms with Gasteiger partial charge >= 0.3 is 6.18 Å². The first-order valence-corrected chi connectivity index (χ1v) is 6.86. The topological polar surface area (TPSA) is 24.7 Å². The Balaban J connectivity index is 1.70. The highest BCUT2D eigenvalue weighted by Gasteiger charge is 2.30. The van der Waals surface area contributed by atoms with E-state index in [1.807, 2.05) is 30.3 Å². The number of aliphatic imine (C=N–C) groups is 2. The van der Waals surface area contributed by atoms with Gasteiger partial charge in [0.05, 0.1) is 11.6 Å². The molecule has 2 aromatic carbocycles. The molecule has 0 fully saturated rings. The largest absolute Gasteiger partial charge is 0.416 e. The third kappa shape index (κ3) is 3.24.